The summed E-state index contributed by atoms with van der Waals surface area (Å²) in [6.45, 7) is 4.11. The van der Waals surface area contributed by atoms with Crippen LogP contribution >= 0.6 is 11.6 Å². The van der Waals surface area contributed by atoms with E-state index in [0.29, 0.717) is 38.9 Å². The summed E-state index contributed by atoms with van der Waals surface area (Å²) in [6, 6.07) is 5.99. The lowest BCUT2D eigenvalue weighted by molar-refractivity contribution is -0.143. The summed E-state index contributed by atoms with van der Waals surface area (Å²) in [5, 5.41) is 16.9. The fraction of sp³-hybridized carbons (Fsp3) is 0.542. The van der Waals surface area contributed by atoms with Gasteiger partial charge in [-0.05, 0) is 43.4 Å². The number of carbonyl (C=O) groups excluding carboxylic acids is 1. The number of aliphatic carboxylic acids is 1. The molecule has 0 radical (unpaired) electrons. The molecule has 1 aliphatic heterocycles. The molecule has 1 fully saturated rings. The number of benzene rings is 1. The number of rotatable bonds is 10. The smallest absolute Gasteiger partial charge is 0.387 e. The molecular weight excluding hydrogens is 482 g/mol. The number of amides is 1. The highest BCUT2D eigenvalue weighted by Gasteiger charge is 2.45. The van der Waals surface area contributed by atoms with Crippen LogP contribution in [-0.2, 0) is 15.1 Å². The number of piperidine rings is 1. The number of nitrogens with zero attached hydrogens (tertiary/aromatic N) is 3. The number of carboxylic acids is 1. The van der Waals surface area contributed by atoms with E-state index in [1.54, 1.807) is 10.9 Å². The van der Waals surface area contributed by atoms with Crippen molar-refractivity contribution in [2.45, 2.75) is 58.1 Å². The third kappa shape index (κ3) is 6.10. The van der Waals surface area contributed by atoms with Crippen LogP contribution in [0.1, 0.15) is 51.6 Å². The molecule has 1 aromatic carbocycles. The van der Waals surface area contributed by atoms with Crippen LogP contribution in [0.25, 0.3) is 0 Å². The minimum atomic E-state index is -3.08. The third-order valence-corrected chi connectivity index (χ3v) is 6.74. The van der Waals surface area contributed by atoms with E-state index in [0.717, 1.165) is 5.69 Å². The molecule has 0 spiro atoms. The summed E-state index contributed by atoms with van der Waals surface area (Å²) in [5.41, 5.74) is -0.144. The van der Waals surface area contributed by atoms with Crippen LogP contribution in [0, 0.1) is 5.92 Å². The SMILES string of the molecule is CC[C@@H](CN1CCC(C(=O)Nc2ccc(Cl)cc2OC(F)F)(n2nccc2C(C)C)CC1)C(=O)O. The van der Waals surface area contributed by atoms with Crippen LogP contribution in [0.2, 0.25) is 5.02 Å². The number of nitrogens with one attached hydrogen (secondary N) is 1. The second kappa shape index (κ2) is 11.3. The van der Waals surface area contributed by atoms with Crippen molar-refractivity contribution in [2.75, 3.05) is 25.0 Å². The molecule has 0 bridgehead atoms. The van der Waals surface area contributed by atoms with Crippen LogP contribution in [0.4, 0.5) is 14.5 Å². The van der Waals surface area contributed by atoms with Crippen LogP contribution in [-0.4, -0.2) is 57.9 Å². The van der Waals surface area contributed by atoms with Crippen molar-refractivity contribution in [3.63, 3.8) is 0 Å². The van der Waals surface area contributed by atoms with Gasteiger partial charge in [-0.3, -0.25) is 14.3 Å². The van der Waals surface area contributed by atoms with Gasteiger partial charge in [0.05, 0.1) is 11.6 Å². The van der Waals surface area contributed by atoms with Crippen LogP contribution in [0.15, 0.2) is 30.5 Å². The minimum absolute atomic E-state index is 0.0803. The van der Waals surface area contributed by atoms with Crippen molar-refractivity contribution in [3.8, 4) is 5.75 Å². The number of alkyl halides is 2. The van der Waals surface area contributed by atoms with E-state index in [1.165, 1.54) is 18.2 Å². The predicted molar refractivity (Wildman–Crippen MR) is 128 cm³/mol. The molecule has 1 aromatic heterocycles. The molecule has 1 aliphatic rings. The molecule has 192 valence electrons. The molecule has 8 nitrogen and oxygen atoms in total. The number of carboxylic acid groups (broad SMARTS) is 1. The van der Waals surface area contributed by atoms with Crippen molar-refractivity contribution in [1.29, 1.82) is 0 Å². The first-order valence-electron chi connectivity index (χ1n) is 11.6. The summed E-state index contributed by atoms with van der Waals surface area (Å²) in [5.74, 6) is -1.88. The van der Waals surface area contributed by atoms with Gasteiger partial charge < -0.3 is 20.1 Å². The van der Waals surface area contributed by atoms with Gasteiger partial charge in [0, 0.05) is 42.6 Å². The van der Waals surface area contributed by atoms with Crippen molar-refractivity contribution >= 4 is 29.2 Å². The largest absolute Gasteiger partial charge is 0.481 e. The number of ether oxygens (including phenoxy) is 1. The Morgan fingerprint density at radius 3 is 2.51 bits per heavy atom. The molecule has 11 heteroatoms. The Morgan fingerprint density at radius 2 is 1.94 bits per heavy atom. The Labute approximate surface area is 208 Å². The fourth-order valence-corrected chi connectivity index (χ4v) is 4.64. The topological polar surface area (TPSA) is 96.7 Å². The van der Waals surface area contributed by atoms with Crippen molar-refractivity contribution in [3.05, 3.63) is 41.2 Å². The Bertz CT molecular complexity index is 1040. The monoisotopic (exact) mass is 512 g/mol. The fourth-order valence-electron chi connectivity index (χ4n) is 4.47. The van der Waals surface area contributed by atoms with E-state index in [4.69, 9.17) is 11.6 Å². The molecule has 2 heterocycles. The maximum absolute atomic E-state index is 13.8. The quantitative estimate of drug-likeness (QED) is 0.474. The zero-order chi connectivity index (χ0) is 25.8. The Kier molecular flexibility index (Phi) is 8.71. The Hall–Kier alpha value is -2.72. The number of hydrogen-bond acceptors (Lipinski definition) is 5. The number of anilines is 1. The summed E-state index contributed by atoms with van der Waals surface area (Å²) in [6.07, 6.45) is 2.89. The summed E-state index contributed by atoms with van der Waals surface area (Å²) >= 11 is 5.94. The number of carbonyl (C=O) groups is 2. The first-order valence-corrected chi connectivity index (χ1v) is 12.0. The molecule has 0 aliphatic carbocycles. The first kappa shape index (κ1) is 26.9. The summed E-state index contributed by atoms with van der Waals surface area (Å²) in [4.78, 5) is 27.4. The van der Waals surface area contributed by atoms with E-state index in [-0.39, 0.29) is 22.4 Å². The number of halogens is 3. The van der Waals surface area contributed by atoms with Gasteiger partial charge >= 0.3 is 12.6 Å². The highest BCUT2D eigenvalue weighted by Crippen LogP contribution is 2.37. The molecule has 0 saturated carbocycles. The van der Waals surface area contributed by atoms with E-state index in [9.17, 15) is 23.5 Å². The predicted octanol–water partition coefficient (Wildman–Crippen LogP) is 4.80. The molecule has 1 saturated heterocycles. The average Bonchev–Trinajstić information content (AvgIpc) is 3.30. The molecule has 2 aromatic rings. The third-order valence-electron chi connectivity index (χ3n) is 6.50. The van der Waals surface area contributed by atoms with Gasteiger partial charge in [0.25, 0.3) is 5.91 Å². The van der Waals surface area contributed by atoms with Crippen molar-refractivity contribution in [1.82, 2.24) is 14.7 Å². The zero-order valence-electron chi connectivity index (χ0n) is 20.0. The Balaban J connectivity index is 1.92. The Morgan fingerprint density at radius 1 is 1.26 bits per heavy atom. The summed E-state index contributed by atoms with van der Waals surface area (Å²) in [7, 11) is 0. The molecule has 3 rings (SSSR count). The minimum Gasteiger partial charge on any atom is -0.481 e. The molecule has 0 unspecified atom stereocenters. The lowest BCUT2D eigenvalue weighted by atomic mass is 9.85. The van der Waals surface area contributed by atoms with E-state index in [1.807, 2.05) is 31.7 Å². The zero-order valence-corrected chi connectivity index (χ0v) is 20.8. The number of aromatic nitrogens is 2. The second-order valence-electron chi connectivity index (χ2n) is 9.07. The van der Waals surface area contributed by atoms with E-state index >= 15 is 0 Å². The maximum atomic E-state index is 13.8. The maximum Gasteiger partial charge on any atom is 0.387 e. The molecule has 35 heavy (non-hydrogen) atoms. The van der Waals surface area contributed by atoms with Crippen LogP contribution in [0.3, 0.4) is 0 Å². The van der Waals surface area contributed by atoms with E-state index in [2.05, 4.69) is 15.2 Å². The normalized spacial score (nSPS) is 16.9. The van der Waals surface area contributed by atoms with Gasteiger partial charge in [-0.15, -0.1) is 0 Å². The highest BCUT2D eigenvalue weighted by molar-refractivity contribution is 6.30. The van der Waals surface area contributed by atoms with Crippen LogP contribution in [0.5, 0.6) is 5.75 Å². The second-order valence-corrected chi connectivity index (χ2v) is 9.51. The van der Waals surface area contributed by atoms with Gasteiger partial charge in [0.15, 0.2) is 5.75 Å². The standard InChI is InChI=1S/C24H31ClF2N4O4/c1-4-16(21(32)33)14-30-11-8-24(9-12-30,31-19(15(2)3)7-10-28-31)22(34)29-18-6-5-17(25)13-20(18)35-23(26)27/h5-7,10,13,15-16,23H,4,8-9,11-12,14H2,1-3H3,(H,29,34)(H,32,33)/t16-/m0/s1. The molecule has 1 atom stereocenters. The molecule has 1 amide bonds. The van der Waals surface area contributed by atoms with E-state index < -0.39 is 29.9 Å². The van der Waals surface area contributed by atoms with Crippen molar-refractivity contribution < 1.29 is 28.2 Å². The van der Waals surface area contributed by atoms with Gasteiger partial charge in [0.2, 0.25) is 0 Å². The van der Waals surface area contributed by atoms with Gasteiger partial charge in [-0.25, -0.2) is 0 Å². The molecule has 2 N–H and O–H groups in total. The summed E-state index contributed by atoms with van der Waals surface area (Å²) < 4.78 is 32.2. The number of likely N-dealkylation sites (tertiary alicyclic amines) is 1. The average molecular weight is 513 g/mol. The van der Waals surface area contributed by atoms with Gasteiger partial charge in [-0.1, -0.05) is 32.4 Å². The highest BCUT2D eigenvalue weighted by atomic mass is 35.5. The van der Waals surface area contributed by atoms with Crippen molar-refractivity contribution in [2.24, 2.45) is 5.92 Å². The molecular formula is C24H31ClF2N4O4. The lowest BCUT2D eigenvalue weighted by Gasteiger charge is -2.42. The first-order chi connectivity index (χ1) is 16.6. The van der Waals surface area contributed by atoms with Gasteiger partial charge in [-0.2, -0.15) is 13.9 Å². The van der Waals surface area contributed by atoms with Crippen LogP contribution < -0.4 is 10.1 Å². The number of hydrogen-bond donors (Lipinski definition) is 2. The lowest BCUT2D eigenvalue weighted by Crippen LogP contribution is -2.55. The van der Waals surface area contributed by atoms with Gasteiger partial charge in [0.1, 0.15) is 5.54 Å².